The Morgan fingerprint density at radius 2 is 2.22 bits per heavy atom. The molecule has 1 aromatic carbocycles. The van der Waals surface area contributed by atoms with Crippen molar-refractivity contribution < 1.29 is 10.0 Å². The number of nitrogens with one attached hydrogen (secondary N) is 1. The molecular weight excluding hydrogens is 258 g/mol. The highest BCUT2D eigenvalue weighted by Crippen LogP contribution is 2.27. The number of anilines is 1. The molecule has 0 aliphatic rings. The first kappa shape index (κ1) is 16.6. The zero-order valence-electron chi connectivity index (χ0n) is 10.1. The molecule has 0 fully saturated rings. The SMILES string of the molecule is CC(O)c1ccc(NCCCN)c([N+](=O)[O-])c1.Cl. The average molecular weight is 276 g/mol. The summed E-state index contributed by atoms with van der Waals surface area (Å²) in [5.41, 5.74) is 6.30. The molecule has 6 nitrogen and oxygen atoms in total. The maximum atomic E-state index is 10.9. The van der Waals surface area contributed by atoms with Crippen molar-refractivity contribution in [2.45, 2.75) is 19.4 Å². The van der Waals surface area contributed by atoms with Gasteiger partial charge >= 0.3 is 0 Å². The summed E-state index contributed by atoms with van der Waals surface area (Å²) >= 11 is 0. The quantitative estimate of drug-likeness (QED) is 0.418. The molecule has 0 saturated heterocycles. The van der Waals surface area contributed by atoms with Crippen molar-refractivity contribution in [1.82, 2.24) is 0 Å². The van der Waals surface area contributed by atoms with Gasteiger partial charge in [-0.25, -0.2) is 0 Å². The predicted molar refractivity (Wildman–Crippen MR) is 73.1 cm³/mol. The Bertz CT molecular complexity index is 399. The molecule has 0 bridgehead atoms. The van der Waals surface area contributed by atoms with Crippen LogP contribution >= 0.6 is 12.4 Å². The molecule has 1 rings (SSSR count). The van der Waals surface area contributed by atoms with Gasteiger partial charge in [0.25, 0.3) is 5.69 Å². The van der Waals surface area contributed by atoms with E-state index in [1.807, 2.05) is 0 Å². The van der Waals surface area contributed by atoms with Crippen LogP contribution in [0.5, 0.6) is 0 Å². The number of nitro groups is 1. The summed E-state index contributed by atoms with van der Waals surface area (Å²) in [5, 5.41) is 23.2. The van der Waals surface area contributed by atoms with Crippen LogP contribution in [0.1, 0.15) is 25.0 Å². The van der Waals surface area contributed by atoms with Crippen molar-refractivity contribution in [3.63, 3.8) is 0 Å². The van der Waals surface area contributed by atoms with E-state index in [4.69, 9.17) is 5.73 Å². The lowest BCUT2D eigenvalue weighted by molar-refractivity contribution is -0.384. The lowest BCUT2D eigenvalue weighted by atomic mass is 10.1. The molecular formula is C11H18ClN3O3. The zero-order valence-corrected chi connectivity index (χ0v) is 10.9. The van der Waals surface area contributed by atoms with Gasteiger partial charge in [0.15, 0.2) is 0 Å². The molecule has 7 heteroatoms. The van der Waals surface area contributed by atoms with Crippen LogP contribution in [0.25, 0.3) is 0 Å². The summed E-state index contributed by atoms with van der Waals surface area (Å²) < 4.78 is 0. The first-order chi connectivity index (χ1) is 8.06. The third-order valence-corrected chi connectivity index (χ3v) is 2.40. The minimum absolute atomic E-state index is 0. The van der Waals surface area contributed by atoms with Gasteiger partial charge in [-0.2, -0.15) is 0 Å². The van der Waals surface area contributed by atoms with Gasteiger partial charge in [0.05, 0.1) is 11.0 Å². The summed E-state index contributed by atoms with van der Waals surface area (Å²) in [7, 11) is 0. The molecule has 0 spiro atoms. The molecule has 0 amide bonds. The number of nitro benzene ring substituents is 1. The maximum Gasteiger partial charge on any atom is 0.292 e. The molecule has 0 aromatic heterocycles. The largest absolute Gasteiger partial charge is 0.389 e. The van der Waals surface area contributed by atoms with E-state index in [0.29, 0.717) is 24.3 Å². The summed E-state index contributed by atoms with van der Waals surface area (Å²) in [4.78, 5) is 10.4. The number of halogens is 1. The number of nitrogens with two attached hydrogens (primary N) is 1. The highest BCUT2D eigenvalue weighted by atomic mass is 35.5. The van der Waals surface area contributed by atoms with Gasteiger partial charge in [-0.05, 0) is 31.5 Å². The van der Waals surface area contributed by atoms with E-state index in [1.165, 1.54) is 6.07 Å². The predicted octanol–water partition coefficient (Wildman–Crippen LogP) is 1.83. The van der Waals surface area contributed by atoms with Crippen molar-refractivity contribution in [3.8, 4) is 0 Å². The van der Waals surface area contributed by atoms with Crippen molar-refractivity contribution in [2.24, 2.45) is 5.73 Å². The third kappa shape index (κ3) is 4.48. The number of rotatable bonds is 6. The molecule has 18 heavy (non-hydrogen) atoms. The normalized spacial score (nSPS) is 11.5. The second-order valence-corrected chi connectivity index (χ2v) is 3.78. The smallest absolute Gasteiger partial charge is 0.292 e. The molecule has 1 unspecified atom stereocenters. The highest BCUT2D eigenvalue weighted by molar-refractivity contribution is 5.85. The number of benzene rings is 1. The molecule has 0 saturated carbocycles. The Morgan fingerprint density at radius 3 is 2.72 bits per heavy atom. The first-order valence-electron chi connectivity index (χ1n) is 5.46. The van der Waals surface area contributed by atoms with E-state index in [9.17, 15) is 15.2 Å². The fraction of sp³-hybridized carbons (Fsp3) is 0.455. The molecule has 0 heterocycles. The van der Waals surface area contributed by atoms with Gasteiger partial charge < -0.3 is 16.2 Å². The monoisotopic (exact) mass is 275 g/mol. The number of aliphatic hydroxyl groups excluding tert-OH is 1. The van der Waals surface area contributed by atoms with Gasteiger partial charge in [-0.15, -0.1) is 12.4 Å². The summed E-state index contributed by atoms with van der Waals surface area (Å²) in [5.74, 6) is 0. The van der Waals surface area contributed by atoms with Gasteiger partial charge in [0, 0.05) is 12.6 Å². The number of aliphatic hydroxyl groups is 1. The minimum atomic E-state index is -0.716. The van der Waals surface area contributed by atoms with Crippen LogP contribution in [0.3, 0.4) is 0 Å². The van der Waals surface area contributed by atoms with Gasteiger partial charge in [-0.3, -0.25) is 10.1 Å². The van der Waals surface area contributed by atoms with Crippen LogP contribution in [0, 0.1) is 10.1 Å². The van der Waals surface area contributed by atoms with E-state index >= 15 is 0 Å². The summed E-state index contributed by atoms with van der Waals surface area (Å²) in [6.07, 6.45) is 0.0294. The van der Waals surface area contributed by atoms with E-state index in [1.54, 1.807) is 19.1 Å². The van der Waals surface area contributed by atoms with Gasteiger partial charge in [0.1, 0.15) is 5.69 Å². The van der Waals surface area contributed by atoms with E-state index in [2.05, 4.69) is 5.32 Å². The maximum absolute atomic E-state index is 10.9. The Hall–Kier alpha value is -1.37. The zero-order chi connectivity index (χ0) is 12.8. The lowest BCUT2D eigenvalue weighted by Gasteiger charge is -2.09. The van der Waals surface area contributed by atoms with E-state index in [-0.39, 0.29) is 18.1 Å². The summed E-state index contributed by atoms with van der Waals surface area (Å²) in [6.45, 7) is 2.69. The van der Waals surface area contributed by atoms with Crippen LogP contribution in [0.4, 0.5) is 11.4 Å². The van der Waals surface area contributed by atoms with Crippen LogP contribution in [-0.2, 0) is 0 Å². The molecule has 0 aliphatic carbocycles. The fourth-order valence-corrected chi connectivity index (χ4v) is 1.43. The lowest BCUT2D eigenvalue weighted by Crippen LogP contribution is -2.09. The molecule has 0 aliphatic heterocycles. The molecule has 4 N–H and O–H groups in total. The number of hydrogen-bond acceptors (Lipinski definition) is 5. The van der Waals surface area contributed by atoms with Crippen molar-refractivity contribution >= 4 is 23.8 Å². The fourth-order valence-electron chi connectivity index (χ4n) is 1.43. The molecule has 1 aromatic rings. The standard InChI is InChI=1S/C11H17N3O3.ClH/c1-8(15)9-3-4-10(13-6-2-5-12)11(7-9)14(16)17;/h3-4,7-8,13,15H,2,5-6,12H2,1H3;1H. The van der Waals surface area contributed by atoms with Crippen molar-refractivity contribution in [1.29, 1.82) is 0 Å². The molecule has 0 radical (unpaired) electrons. The number of hydrogen-bond donors (Lipinski definition) is 3. The third-order valence-electron chi connectivity index (χ3n) is 2.40. The van der Waals surface area contributed by atoms with Crippen molar-refractivity contribution in [3.05, 3.63) is 33.9 Å². The second-order valence-electron chi connectivity index (χ2n) is 3.78. The van der Waals surface area contributed by atoms with Crippen LogP contribution in [0.2, 0.25) is 0 Å². The van der Waals surface area contributed by atoms with E-state index in [0.717, 1.165) is 6.42 Å². The summed E-state index contributed by atoms with van der Waals surface area (Å²) in [6, 6.07) is 4.66. The first-order valence-corrected chi connectivity index (χ1v) is 5.46. The van der Waals surface area contributed by atoms with Crippen LogP contribution < -0.4 is 11.1 Å². The number of nitrogens with zero attached hydrogens (tertiary/aromatic N) is 1. The molecule has 1 atom stereocenters. The Balaban J connectivity index is 0.00000289. The highest BCUT2D eigenvalue weighted by Gasteiger charge is 2.15. The minimum Gasteiger partial charge on any atom is -0.389 e. The van der Waals surface area contributed by atoms with Crippen molar-refractivity contribution in [2.75, 3.05) is 18.4 Å². The van der Waals surface area contributed by atoms with Crippen LogP contribution in [-0.4, -0.2) is 23.1 Å². The van der Waals surface area contributed by atoms with E-state index < -0.39 is 11.0 Å². The van der Waals surface area contributed by atoms with Crippen LogP contribution in [0.15, 0.2) is 18.2 Å². The second kappa shape index (κ2) is 7.86. The van der Waals surface area contributed by atoms with Gasteiger partial charge in [-0.1, -0.05) is 6.07 Å². The Labute approximate surface area is 112 Å². The Kier molecular flexibility index (Phi) is 7.26. The van der Waals surface area contributed by atoms with Gasteiger partial charge in [0.2, 0.25) is 0 Å². The topological polar surface area (TPSA) is 101 Å². The average Bonchev–Trinajstić information content (AvgIpc) is 2.29. The Morgan fingerprint density at radius 1 is 1.56 bits per heavy atom. The molecule has 102 valence electrons.